The molecule has 0 aliphatic rings. The van der Waals surface area contributed by atoms with Crippen LogP contribution >= 0.6 is 11.6 Å². The maximum absolute atomic E-state index is 11.6. The number of benzene rings is 1. The number of halogens is 1. The van der Waals surface area contributed by atoms with Crippen molar-refractivity contribution >= 4 is 35.0 Å². The van der Waals surface area contributed by atoms with Gasteiger partial charge in [-0.15, -0.1) is 5.10 Å². The van der Waals surface area contributed by atoms with E-state index < -0.39 is 5.97 Å². The van der Waals surface area contributed by atoms with Gasteiger partial charge in [0.15, 0.2) is 5.82 Å². The van der Waals surface area contributed by atoms with Gasteiger partial charge in [0, 0.05) is 6.54 Å². The van der Waals surface area contributed by atoms with Crippen LogP contribution < -0.4 is 10.6 Å². The number of unbranched alkanes of at least 4 members (excludes halogenated alkanes) is 2. The monoisotopic (exact) mass is 349 g/mol. The Morgan fingerprint density at radius 3 is 2.92 bits per heavy atom. The third kappa shape index (κ3) is 5.06. The molecule has 0 aliphatic heterocycles. The van der Waals surface area contributed by atoms with Gasteiger partial charge in [-0.2, -0.15) is 10.1 Å². The Balaban J connectivity index is 2.09. The number of rotatable bonds is 8. The lowest BCUT2D eigenvalue weighted by molar-refractivity contribution is 0.0601. The third-order valence-corrected chi connectivity index (χ3v) is 3.61. The number of nitrogens with zero attached hydrogens (tertiary/aromatic N) is 3. The van der Waals surface area contributed by atoms with Gasteiger partial charge in [0.1, 0.15) is 0 Å². The van der Waals surface area contributed by atoms with E-state index >= 15 is 0 Å². The van der Waals surface area contributed by atoms with E-state index in [-0.39, 0.29) is 0 Å². The van der Waals surface area contributed by atoms with Crippen LogP contribution in [0.4, 0.5) is 17.5 Å². The highest BCUT2D eigenvalue weighted by Crippen LogP contribution is 2.25. The number of nitrogens with one attached hydrogen (secondary N) is 2. The fraction of sp³-hybridized carbons (Fsp3) is 0.375. The molecule has 8 heteroatoms. The Morgan fingerprint density at radius 1 is 1.33 bits per heavy atom. The lowest BCUT2D eigenvalue weighted by atomic mass is 10.2. The molecule has 7 nitrogen and oxygen atoms in total. The van der Waals surface area contributed by atoms with Gasteiger partial charge in [0.25, 0.3) is 0 Å². The fourth-order valence-electron chi connectivity index (χ4n) is 2.02. The summed E-state index contributed by atoms with van der Waals surface area (Å²) < 4.78 is 4.70. The van der Waals surface area contributed by atoms with Crippen LogP contribution in [0, 0.1) is 0 Å². The normalized spacial score (nSPS) is 10.3. The lowest BCUT2D eigenvalue weighted by Gasteiger charge is -2.09. The summed E-state index contributed by atoms with van der Waals surface area (Å²) in [6.07, 6.45) is 4.94. The maximum Gasteiger partial charge on any atom is 0.337 e. The molecule has 128 valence electrons. The molecule has 0 fully saturated rings. The second-order valence-electron chi connectivity index (χ2n) is 5.11. The highest BCUT2D eigenvalue weighted by molar-refractivity contribution is 6.33. The highest BCUT2D eigenvalue weighted by Gasteiger charge is 2.10. The molecule has 24 heavy (non-hydrogen) atoms. The minimum absolute atomic E-state index is 0.291. The summed E-state index contributed by atoms with van der Waals surface area (Å²) >= 11 is 6.15. The second kappa shape index (κ2) is 9.02. The summed E-state index contributed by atoms with van der Waals surface area (Å²) in [5, 5.41) is 14.4. The van der Waals surface area contributed by atoms with Crippen molar-refractivity contribution < 1.29 is 9.53 Å². The van der Waals surface area contributed by atoms with Crippen LogP contribution in [0.1, 0.15) is 36.5 Å². The minimum atomic E-state index is -0.444. The summed E-state index contributed by atoms with van der Waals surface area (Å²) in [5.41, 5.74) is 0.885. The zero-order valence-corrected chi connectivity index (χ0v) is 14.4. The molecular weight excluding hydrogens is 330 g/mol. The van der Waals surface area contributed by atoms with Crippen LogP contribution in [-0.4, -0.2) is 34.8 Å². The average molecular weight is 350 g/mol. The van der Waals surface area contributed by atoms with E-state index in [4.69, 9.17) is 16.3 Å². The Kier molecular flexibility index (Phi) is 6.74. The summed E-state index contributed by atoms with van der Waals surface area (Å²) in [6, 6.07) is 4.78. The van der Waals surface area contributed by atoms with Gasteiger partial charge in [-0.1, -0.05) is 31.4 Å². The fourth-order valence-corrected chi connectivity index (χ4v) is 2.18. The van der Waals surface area contributed by atoms with Gasteiger partial charge >= 0.3 is 5.97 Å². The highest BCUT2D eigenvalue weighted by atomic mass is 35.5. The Morgan fingerprint density at radius 2 is 2.17 bits per heavy atom. The van der Waals surface area contributed by atoms with Crippen LogP contribution in [0.25, 0.3) is 0 Å². The number of carbonyl (C=O) groups excluding carboxylic acids is 1. The molecule has 0 radical (unpaired) electrons. The van der Waals surface area contributed by atoms with E-state index in [0.717, 1.165) is 25.8 Å². The van der Waals surface area contributed by atoms with Crippen molar-refractivity contribution in [1.29, 1.82) is 0 Å². The van der Waals surface area contributed by atoms with E-state index in [9.17, 15) is 4.79 Å². The largest absolute Gasteiger partial charge is 0.465 e. The summed E-state index contributed by atoms with van der Waals surface area (Å²) in [5.74, 6) is 0.475. The Bertz CT molecular complexity index is 696. The van der Waals surface area contributed by atoms with Crippen LogP contribution in [0.3, 0.4) is 0 Å². The van der Waals surface area contributed by atoms with Crippen molar-refractivity contribution in [3.8, 4) is 0 Å². The third-order valence-electron chi connectivity index (χ3n) is 3.28. The number of esters is 1. The maximum atomic E-state index is 11.6. The zero-order valence-electron chi connectivity index (χ0n) is 13.7. The standard InChI is InChI=1S/C16H20ClN5O2/c1-3-4-5-8-18-14-10-19-22-16(21-14)20-13-9-11(15(23)24-2)6-7-12(13)17/h6-7,9-10H,3-5,8H2,1-2H3,(H2,18,20,21,22). The molecule has 1 aromatic carbocycles. The molecule has 2 N–H and O–H groups in total. The van der Waals surface area contributed by atoms with Crippen LogP contribution in [0.5, 0.6) is 0 Å². The zero-order chi connectivity index (χ0) is 17.4. The van der Waals surface area contributed by atoms with Crippen molar-refractivity contribution in [3.05, 3.63) is 35.0 Å². The molecule has 0 saturated carbocycles. The van der Waals surface area contributed by atoms with Gasteiger partial charge in [-0.25, -0.2) is 4.79 Å². The second-order valence-corrected chi connectivity index (χ2v) is 5.52. The van der Waals surface area contributed by atoms with Crippen molar-refractivity contribution in [2.45, 2.75) is 26.2 Å². The average Bonchev–Trinajstić information content (AvgIpc) is 2.60. The number of aromatic nitrogens is 3. The van der Waals surface area contributed by atoms with Gasteiger partial charge in [0.05, 0.1) is 29.6 Å². The predicted molar refractivity (Wildman–Crippen MR) is 93.9 cm³/mol. The summed E-state index contributed by atoms with van der Waals surface area (Å²) in [4.78, 5) is 15.9. The topological polar surface area (TPSA) is 89.0 Å². The van der Waals surface area contributed by atoms with E-state index in [2.05, 4.69) is 32.7 Å². The molecule has 2 aromatic rings. The molecule has 0 spiro atoms. The van der Waals surface area contributed by atoms with Gasteiger partial charge in [0.2, 0.25) is 5.95 Å². The van der Waals surface area contributed by atoms with E-state index in [1.807, 2.05) is 0 Å². The predicted octanol–water partition coefficient (Wildman–Crippen LogP) is 3.66. The molecule has 0 saturated heterocycles. The molecule has 1 heterocycles. The van der Waals surface area contributed by atoms with Crippen molar-refractivity contribution in [3.63, 3.8) is 0 Å². The number of carbonyl (C=O) groups is 1. The molecule has 0 atom stereocenters. The van der Waals surface area contributed by atoms with Crippen molar-refractivity contribution in [2.75, 3.05) is 24.3 Å². The first-order valence-electron chi connectivity index (χ1n) is 7.72. The number of ether oxygens (including phenoxy) is 1. The molecule has 0 amide bonds. The molecular formula is C16H20ClN5O2. The molecule has 2 rings (SSSR count). The first-order chi connectivity index (χ1) is 11.6. The summed E-state index contributed by atoms with van der Waals surface area (Å²) in [7, 11) is 1.32. The quantitative estimate of drug-likeness (QED) is 0.555. The number of hydrogen-bond acceptors (Lipinski definition) is 7. The lowest BCUT2D eigenvalue weighted by Crippen LogP contribution is -2.07. The van der Waals surface area contributed by atoms with Gasteiger partial charge in [-0.05, 0) is 24.6 Å². The smallest absolute Gasteiger partial charge is 0.337 e. The van der Waals surface area contributed by atoms with Crippen LogP contribution in [0.2, 0.25) is 5.02 Å². The minimum Gasteiger partial charge on any atom is -0.465 e. The number of anilines is 3. The van der Waals surface area contributed by atoms with Crippen LogP contribution in [0.15, 0.2) is 24.4 Å². The first kappa shape index (κ1) is 17.9. The number of methoxy groups -OCH3 is 1. The number of hydrogen-bond donors (Lipinski definition) is 2. The van der Waals surface area contributed by atoms with E-state index in [0.29, 0.717) is 28.0 Å². The van der Waals surface area contributed by atoms with Gasteiger partial charge < -0.3 is 15.4 Å². The van der Waals surface area contributed by atoms with Crippen molar-refractivity contribution in [2.24, 2.45) is 0 Å². The van der Waals surface area contributed by atoms with E-state index in [1.54, 1.807) is 24.4 Å². The Labute approximate surface area is 145 Å². The molecule has 0 aliphatic carbocycles. The first-order valence-corrected chi connectivity index (χ1v) is 8.10. The van der Waals surface area contributed by atoms with Gasteiger partial charge in [-0.3, -0.25) is 0 Å². The van der Waals surface area contributed by atoms with Crippen LogP contribution in [-0.2, 0) is 4.74 Å². The SMILES string of the molecule is CCCCCNc1cnnc(Nc2cc(C(=O)OC)ccc2Cl)n1. The molecule has 1 aromatic heterocycles. The van der Waals surface area contributed by atoms with Crippen molar-refractivity contribution in [1.82, 2.24) is 15.2 Å². The molecule has 0 unspecified atom stereocenters. The van der Waals surface area contributed by atoms with E-state index in [1.165, 1.54) is 7.11 Å². The summed E-state index contributed by atoms with van der Waals surface area (Å²) in [6.45, 7) is 2.98. The Hall–Kier alpha value is -2.41. The molecule has 0 bridgehead atoms.